The molecule has 0 aliphatic heterocycles. The van der Waals surface area contributed by atoms with E-state index in [2.05, 4.69) is 21.2 Å². The number of nitrogens with one attached hydrogen (secondary N) is 1. The van der Waals surface area contributed by atoms with Gasteiger partial charge in [-0.2, -0.15) is 0 Å². The van der Waals surface area contributed by atoms with Crippen LogP contribution in [0, 0.1) is 0 Å². The maximum atomic E-state index is 11.8. The van der Waals surface area contributed by atoms with E-state index in [0.717, 1.165) is 0 Å². The van der Waals surface area contributed by atoms with Gasteiger partial charge in [-0.05, 0) is 13.8 Å². The molecule has 0 atom stereocenters. The second-order valence-corrected chi connectivity index (χ2v) is 4.95. The maximum Gasteiger partial charge on any atom is 0.349 e. The van der Waals surface area contributed by atoms with E-state index in [4.69, 9.17) is 9.05 Å². The van der Waals surface area contributed by atoms with Gasteiger partial charge in [-0.1, -0.05) is 15.9 Å². The zero-order valence-electron chi connectivity index (χ0n) is 8.29. The van der Waals surface area contributed by atoms with Crippen LogP contribution in [0.4, 0.5) is 0 Å². The third-order valence-electron chi connectivity index (χ3n) is 1.24. The van der Waals surface area contributed by atoms with Crippen molar-refractivity contribution >= 4 is 29.4 Å². The van der Waals surface area contributed by atoms with Gasteiger partial charge < -0.3 is 14.4 Å². The molecule has 7 heteroatoms. The Balaban J connectivity index is 4.08. The minimum absolute atomic E-state index is 0.0842. The van der Waals surface area contributed by atoms with E-state index in [-0.39, 0.29) is 17.5 Å². The topological polar surface area (TPSA) is 64.6 Å². The molecule has 0 aromatic carbocycles. The van der Waals surface area contributed by atoms with Crippen LogP contribution in [0.3, 0.4) is 0 Å². The van der Waals surface area contributed by atoms with Crippen molar-refractivity contribution in [1.29, 1.82) is 0 Å². The zero-order valence-corrected chi connectivity index (χ0v) is 10.8. The third-order valence-corrected chi connectivity index (χ3v) is 3.60. The van der Waals surface area contributed by atoms with Gasteiger partial charge in [-0.3, -0.25) is 9.36 Å². The first kappa shape index (κ1) is 14.1. The molecule has 0 fully saturated rings. The summed E-state index contributed by atoms with van der Waals surface area (Å²) < 4.78 is 21.7. The summed E-state index contributed by atoms with van der Waals surface area (Å²) in [4.78, 5) is 10.9. The van der Waals surface area contributed by atoms with Crippen LogP contribution in [-0.2, 0) is 18.4 Å². The molecule has 0 saturated carbocycles. The number of amides is 1. The predicted molar refractivity (Wildman–Crippen MR) is 57.7 cm³/mol. The molecule has 0 spiro atoms. The third kappa shape index (κ3) is 5.75. The minimum atomic E-state index is -3.14. The summed E-state index contributed by atoms with van der Waals surface area (Å²) in [5.74, 6) is -0.246. The van der Waals surface area contributed by atoms with Gasteiger partial charge >= 0.3 is 7.60 Å². The molecule has 1 amide bonds. The molecule has 0 heterocycles. The van der Waals surface area contributed by atoms with Crippen LogP contribution in [0.5, 0.6) is 0 Å². The predicted octanol–water partition coefficient (Wildman–Crippen LogP) is 1.72. The highest BCUT2D eigenvalue weighted by molar-refractivity contribution is 9.09. The van der Waals surface area contributed by atoms with E-state index in [9.17, 15) is 9.36 Å². The minimum Gasteiger partial charge on any atom is -0.344 e. The summed E-state index contributed by atoms with van der Waals surface area (Å²) in [6, 6.07) is 0. The Morgan fingerprint density at radius 1 is 1.36 bits per heavy atom. The van der Waals surface area contributed by atoms with Crippen LogP contribution in [0.25, 0.3) is 0 Å². The van der Waals surface area contributed by atoms with Crippen LogP contribution < -0.4 is 5.32 Å². The van der Waals surface area contributed by atoms with Crippen LogP contribution >= 0.6 is 23.5 Å². The molecular formula is C7H15BrNO4P. The highest BCUT2D eigenvalue weighted by Gasteiger charge is 2.23. The fourth-order valence-corrected chi connectivity index (χ4v) is 2.37. The molecule has 0 unspecified atom stereocenters. The highest BCUT2D eigenvalue weighted by Crippen LogP contribution is 2.46. The molecule has 0 aromatic rings. The van der Waals surface area contributed by atoms with Crippen molar-refractivity contribution in [3.63, 3.8) is 0 Å². The van der Waals surface area contributed by atoms with Gasteiger partial charge in [0.2, 0.25) is 5.91 Å². The first-order chi connectivity index (χ1) is 6.58. The average Bonchev–Trinajstić information content (AvgIpc) is 2.15. The molecule has 0 radical (unpaired) electrons. The van der Waals surface area contributed by atoms with Crippen molar-refractivity contribution in [3.8, 4) is 0 Å². The summed E-state index contributed by atoms with van der Waals surface area (Å²) in [6.45, 7) is 4.03. The molecule has 14 heavy (non-hydrogen) atoms. The molecule has 0 rings (SSSR count). The van der Waals surface area contributed by atoms with Crippen LogP contribution in [0.1, 0.15) is 13.8 Å². The van der Waals surface area contributed by atoms with E-state index < -0.39 is 7.60 Å². The van der Waals surface area contributed by atoms with Gasteiger partial charge in [0, 0.05) is 0 Å². The largest absolute Gasteiger partial charge is 0.349 e. The summed E-state index contributed by atoms with van der Waals surface area (Å²) in [6.07, 6.45) is -0.0842. The number of rotatable bonds is 7. The lowest BCUT2D eigenvalue weighted by atomic mass is 10.7. The smallest absolute Gasteiger partial charge is 0.344 e. The fourth-order valence-electron chi connectivity index (χ4n) is 0.754. The van der Waals surface area contributed by atoms with Crippen LogP contribution in [0.2, 0.25) is 0 Å². The van der Waals surface area contributed by atoms with Crippen molar-refractivity contribution in [1.82, 2.24) is 5.32 Å². The van der Waals surface area contributed by atoms with Crippen molar-refractivity contribution in [3.05, 3.63) is 0 Å². The lowest BCUT2D eigenvalue weighted by Crippen LogP contribution is -2.26. The zero-order chi connectivity index (χ0) is 11.0. The standard InChI is InChI=1S/C7H15BrNO4P/c1-3-12-14(11,13-4-2)6-9-7(10)5-8/h3-6H2,1-2H3,(H,9,10). The van der Waals surface area contributed by atoms with Gasteiger partial charge in [0.05, 0.1) is 18.5 Å². The van der Waals surface area contributed by atoms with Crippen molar-refractivity contribution in [2.75, 3.05) is 24.8 Å². The van der Waals surface area contributed by atoms with Crippen molar-refractivity contribution < 1.29 is 18.4 Å². The van der Waals surface area contributed by atoms with Crippen molar-refractivity contribution in [2.24, 2.45) is 0 Å². The number of carbonyl (C=O) groups excluding carboxylic acids is 1. The van der Waals surface area contributed by atoms with E-state index in [1.165, 1.54) is 0 Å². The average molecular weight is 288 g/mol. The van der Waals surface area contributed by atoms with Gasteiger partial charge in [0.25, 0.3) is 0 Å². The number of hydrogen-bond donors (Lipinski definition) is 1. The van der Waals surface area contributed by atoms with Gasteiger partial charge in [-0.15, -0.1) is 0 Å². The monoisotopic (exact) mass is 287 g/mol. The molecular weight excluding hydrogens is 273 g/mol. The number of carbonyl (C=O) groups is 1. The number of alkyl halides is 1. The summed E-state index contributed by atoms with van der Waals surface area (Å²) >= 11 is 2.98. The maximum absolute atomic E-state index is 11.8. The first-order valence-corrected chi connectivity index (χ1v) is 7.13. The summed E-state index contributed by atoms with van der Waals surface area (Å²) in [5, 5.41) is 2.62. The Morgan fingerprint density at radius 2 is 1.86 bits per heavy atom. The Bertz CT molecular complexity index is 214. The second kappa shape index (κ2) is 7.40. The first-order valence-electron chi connectivity index (χ1n) is 4.28. The van der Waals surface area contributed by atoms with Gasteiger partial charge in [-0.25, -0.2) is 0 Å². The molecule has 84 valence electrons. The molecule has 0 bridgehead atoms. The fraction of sp³-hybridized carbons (Fsp3) is 0.857. The van der Waals surface area contributed by atoms with E-state index in [0.29, 0.717) is 13.2 Å². The molecule has 5 nitrogen and oxygen atoms in total. The van der Waals surface area contributed by atoms with E-state index in [1.807, 2.05) is 0 Å². The van der Waals surface area contributed by atoms with E-state index in [1.54, 1.807) is 13.8 Å². The highest BCUT2D eigenvalue weighted by atomic mass is 79.9. The summed E-state index contributed by atoms with van der Waals surface area (Å²) in [7, 11) is -3.14. The molecule has 1 N–H and O–H groups in total. The normalized spacial score (nSPS) is 11.4. The lowest BCUT2D eigenvalue weighted by molar-refractivity contribution is -0.118. The Kier molecular flexibility index (Phi) is 7.45. The lowest BCUT2D eigenvalue weighted by Gasteiger charge is -2.16. The molecule has 0 aromatic heterocycles. The second-order valence-electron chi connectivity index (χ2n) is 2.34. The molecule has 0 aliphatic carbocycles. The van der Waals surface area contributed by atoms with Crippen molar-refractivity contribution in [2.45, 2.75) is 13.8 Å². The Hall–Kier alpha value is 0.1000. The number of hydrogen-bond acceptors (Lipinski definition) is 4. The summed E-state index contributed by atoms with van der Waals surface area (Å²) in [5.41, 5.74) is 0. The van der Waals surface area contributed by atoms with Gasteiger partial charge in [0.1, 0.15) is 6.29 Å². The van der Waals surface area contributed by atoms with Crippen LogP contribution in [0.15, 0.2) is 0 Å². The number of halogens is 1. The Labute approximate surface area is 92.2 Å². The quantitative estimate of drug-likeness (QED) is 0.572. The van der Waals surface area contributed by atoms with E-state index >= 15 is 0 Å². The van der Waals surface area contributed by atoms with Crippen LogP contribution in [-0.4, -0.2) is 30.7 Å². The Morgan fingerprint density at radius 3 is 2.21 bits per heavy atom. The SMILES string of the molecule is CCOP(=O)(CNC(=O)CBr)OCC. The molecule has 0 saturated heterocycles. The van der Waals surface area contributed by atoms with Gasteiger partial charge in [0.15, 0.2) is 0 Å². The molecule has 0 aliphatic rings.